The summed E-state index contributed by atoms with van der Waals surface area (Å²) >= 11 is 0. The minimum Gasteiger partial charge on any atom is -0.310 e. The van der Waals surface area contributed by atoms with Gasteiger partial charge in [-0.3, -0.25) is 14.7 Å². The van der Waals surface area contributed by atoms with Crippen molar-refractivity contribution in [1.82, 2.24) is 14.7 Å². The van der Waals surface area contributed by atoms with Crippen LogP contribution < -0.4 is 0 Å². The first-order valence-electron chi connectivity index (χ1n) is 9.53. The predicted octanol–water partition coefficient (Wildman–Crippen LogP) is 1.78. The summed E-state index contributed by atoms with van der Waals surface area (Å²) in [5.41, 5.74) is 0. The summed E-state index contributed by atoms with van der Waals surface area (Å²) in [5, 5.41) is 8.90. The molecule has 2 fully saturated rings. The monoisotopic (exact) mass is 322 g/mol. The third-order valence-electron chi connectivity index (χ3n) is 5.41. The van der Waals surface area contributed by atoms with E-state index in [0.717, 1.165) is 13.1 Å². The molecule has 0 N–H and O–H groups in total. The van der Waals surface area contributed by atoms with Crippen molar-refractivity contribution in [1.29, 1.82) is 5.26 Å². The van der Waals surface area contributed by atoms with Gasteiger partial charge in [0.15, 0.2) is 0 Å². The molecule has 0 spiro atoms. The molecule has 0 bridgehead atoms. The number of quaternary nitrogens is 1. The van der Waals surface area contributed by atoms with Crippen LogP contribution in [-0.2, 0) is 0 Å². The molecular weight excluding hydrogens is 286 g/mol. The van der Waals surface area contributed by atoms with Gasteiger partial charge in [0.25, 0.3) is 0 Å². The van der Waals surface area contributed by atoms with E-state index in [4.69, 9.17) is 5.26 Å². The lowest BCUT2D eigenvalue weighted by atomic mass is 10.1. The maximum atomic E-state index is 8.90. The Hall–Kier alpha value is -0.670. The quantitative estimate of drug-likeness (QED) is 0.504. The predicted molar refractivity (Wildman–Crippen MR) is 94.7 cm³/mol. The first-order chi connectivity index (χ1) is 11.2. The highest BCUT2D eigenvalue weighted by molar-refractivity contribution is 4.70. The van der Waals surface area contributed by atoms with Crippen LogP contribution >= 0.6 is 0 Å². The summed E-state index contributed by atoms with van der Waals surface area (Å²) < 4.78 is 1.21. The van der Waals surface area contributed by atoms with Crippen molar-refractivity contribution in [3.8, 4) is 6.07 Å². The van der Waals surface area contributed by atoms with Crippen LogP contribution in [0.2, 0.25) is 0 Å². The Balaban J connectivity index is 1.91. The van der Waals surface area contributed by atoms with Crippen molar-refractivity contribution in [3.05, 3.63) is 0 Å². The number of hydrogen-bond donors (Lipinski definition) is 0. The van der Waals surface area contributed by atoms with Gasteiger partial charge in [0.2, 0.25) is 0 Å². The van der Waals surface area contributed by atoms with Crippen molar-refractivity contribution in [3.63, 3.8) is 0 Å². The second-order valence-electron chi connectivity index (χ2n) is 7.58. The highest BCUT2D eigenvalue weighted by Gasteiger charge is 2.33. The van der Waals surface area contributed by atoms with Crippen LogP contribution in [-0.4, -0.2) is 91.9 Å². The fourth-order valence-corrected chi connectivity index (χ4v) is 4.25. The second kappa shape index (κ2) is 9.58. The van der Waals surface area contributed by atoms with Gasteiger partial charge in [-0.2, -0.15) is 5.26 Å². The lowest BCUT2D eigenvalue weighted by Crippen LogP contribution is -2.62. The van der Waals surface area contributed by atoms with Crippen LogP contribution in [0.25, 0.3) is 0 Å². The van der Waals surface area contributed by atoms with Crippen LogP contribution in [0.5, 0.6) is 0 Å². The molecule has 0 aromatic heterocycles. The highest BCUT2D eigenvalue weighted by atomic mass is 15.5. The topological polar surface area (TPSA) is 33.5 Å². The fourth-order valence-electron chi connectivity index (χ4n) is 4.25. The fraction of sp³-hybridized carbons (Fsp3) is 0.944. The Kier molecular flexibility index (Phi) is 7.78. The molecule has 23 heavy (non-hydrogen) atoms. The average molecular weight is 323 g/mol. The molecule has 0 aliphatic carbocycles. The van der Waals surface area contributed by atoms with Gasteiger partial charge >= 0.3 is 0 Å². The van der Waals surface area contributed by atoms with E-state index in [1.807, 2.05) is 0 Å². The van der Waals surface area contributed by atoms with Gasteiger partial charge in [-0.15, -0.1) is 0 Å². The Bertz CT molecular complexity index is 378. The number of rotatable bonds is 8. The molecule has 1 unspecified atom stereocenters. The molecule has 0 saturated carbocycles. The summed E-state index contributed by atoms with van der Waals surface area (Å²) in [6, 6.07) is 2.33. The van der Waals surface area contributed by atoms with Crippen molar-refractivity contribution >= 4 is 0 Å². The minimum atomic E-state index is 0.709. The average Bonchev–Trinajstić information content (AvgIpc) is 2.54. The number of nitriles is 1. The van der Waals surface area contributed by atoms with Gasteiger partial charge in [0.05, 0.1) is 32.4 Å². The summed E-state index contributed by atoms with van der Waals surface area (Å²) in [6.45, 7) is 14.5. The third kappa shape index (κ3) is 6.04. The van der Waals surface area contributed by atoms with Gasteiger partial charge in [-0.05, 0) is 19.9 Å². The van der Waals surface area contributed by atoms with Gasteiger partial charge in [-0.1, -0.05) is 6.92 Å². The smallest absolute Gasteiger partial charge is 0.135 e. The number of unbranched alkanes of at least 4 members (excludes halogenated alkanes) is 1. The molecule has 5 nitrogen and oxygen atoms in total. The molecule has 0 aromatic carbocycles. The number of hydrogen-bond acceptors (Lipinski definition) is 4. The molecule has 2 saturated heterocycles. The van der Waals surface area contributed by atoms with Crippen LogP contribution in [0.1, 0.15) is 39.0 Å². The van der Waals surface area contributed by atoms with Crippen molar-refractivity contribution < 1.29 is 4.48 Å². The Morgan fingerprint density at radius 2 is 1.87 bits per heavy atom. The molecule has 2 aliphatic heterocycles. The summed E-state index contributed by atoms with van der Waals surface area (Å²) in [7, 11) is 2.23. The van der Waals surface area contributed by atoms with Crippen LogP contribution in [0, 0.1) is 11.3 Å². The van der Waals surface area contributed by atoms with Crippen molar-refractivity contribution in [2.24, 2.45) is 0 Å². The van der Waals surface area contributed by atoms with Gasteiger partial charge in [-0.25, -0.2) is 0 Å². The second-order valence-corrected chi connectivity index (χ2v) is 7.58. The van der Waals surface area contributed by atoms with E-state index >= 15 is 0 Å². The largest absolute Gasteiger partial charge is 0.310 e. The van der Waals surface area contributed by atoms with E-state index in [1.54, 1.807) is 0 Å². The molecule has 0 aromatic rings. The summed E-state index contributed by atoms with van der Waals surface area (Å²) in [5.74, 6) is 0. The Morgan fingerprint density at radius 3 is 2.61 bits per heavy atom. The zero-order valence-electron chi connectivity index (χ0n) is 15.3. The van der Waals surface area contributed by atoms with Crippen LogP contribution in [0.4, 0.5) is 0 Å². The lowest BCUT2D eigenvalue weighted by Gasteiger charge is -2.47. The molecule has 5 heteroatoms. The van der Waals surface area contributed by atoms with E-state index in [-0.39, 0.29) is 0 Å². The molecular formula is C18H36N5+. The molecule has 132 valence electrons. The molecule has 2 aliphatic rings. The van der Waals surface area contributed by atoms with Crippen LogP contribution in [0.3, 0.4) is 0 Å². The Morgan fingerprint density at radius 1 is 1.04 bits per heavy atom. The summed E-state index contributed by atoms with van der Waals surface area (Å²) in [4.78, 5) is 7.70. The third-order valence-corrected chi connectivity index (χ3v) is 5.41. The van der Waals surface area contributed by atoms with Crippen molar-refractivity contribution in [2.75, 3.05) is 72.7 Å². The molecule has 1 atom stereocenters. The normalized spacial score (nSPS) is 27.9. The van der Waals surface area contributed by atoms with E-state index in [9.17, 15) is 0 Å². The number of nitrogens with zero attached hydrogens (tertiary/aromatic N) is 5. The molecule has 2 heterocycles. The van der Waals surface area contributed by atoms with Crippen LogP contribution in [0.15, 0.2) is 0 Å². The SMILES string of the molecule is CCCN1CCC[N+](CCCC#N)(CCN2CCCN(C)C2)C1. The van der Waals surface area contributed by atoms with E-state index in [2.05, 4.69) is 34.7 Å². The van der Waals surface area contributed by atoms with Gasteiger partial charge in [0.1, 0.15) is 6.67 Å². The van der Waals surface area contributed by atoms with E-state index < -0.39 is 0 Å². The first-order valence-corrected chi connectivity index (χ1v) is 9.53. The van der Waals surface area contributed by atoms with Gasteiger partial charge in [0, 0.05) is 52.0 Å². The maximum Gasteiger partial charge on any atom is 0.135 e. The zero-order valence-corrected chi connectivity index (χ0v) is 15.3. The Labute approximate surface area is 143 Å². The lowest BCUT2D eigenvalue weighted by molar-refractivity contribution is -0.942. The maximum absolute atomic E-state index is 8.90. The van der Waals surface area contributed by atoms with Crippen molar-refractivity contribution in [2.45, 2.75) is 39.0 Å². The van der Waals surface area contributed by atoms with E-state index in [1.165, 1.54) is 82.8 Å². The molecule has 0 radical (unpaired) electrons. The zero-order chi connectivity index (χ0) is 16.5. The van der Waals surface area contributed by atoms with Gasteiger partial charge < -0.3 is 4.48 Å². The summed E-state index contributed by atoms with van der Waals surface area (Å²) in [6.07, 6.45) is 5.62. The molecule has 2 rings (SSSR count). The minimum absolute atomic E-state index is 0.709. The highest BCUT2D eigenvalue weighted by Crippen LogP contribution is 2.19. The van der Waals surface area contributed by atoms with E-state index in [0.29, 0.717) is 6.42 Å². The first kappa shape index (κ1) is 18.7. The molecule has 0 amide bonds. The standard InChI is InChI=1S/C18H36N5/c1-3-9-22-12-7-15-23(18-22,14-5-4-8-19)16-13-21-11-6-10-20(2)17-21/h3-7,9-18H2,1-2H3/q+1.